The van der Waals surface area contributed by atoms with Gasteiger partial charge < -0.3 is 16.0 Å². The smallest absolute Gasteiger partial charge is 0.352 e. The van der Waals surface area contributed by atoms with Crippen molar-refractivity contribution in [2.75, 3.05) is 25.0 Å². The fourth-order valence-corrected chi connectivity index (χ4v) is 4.29. The molecule has 1 saturated heterocycles. The first-order valence-corrected chi connectivity index (χ1v) is 11.8. The molecule has 0 saturated carbocycles. The third-order valence-electron chi connectivity index (χ3n) is 6.26. The Bertz CT molecular complexity index is 1360. The normalized spacial score (nSPS) is 14.6. The van der Waals surface area contributed by atoms with E-state index in [0.29, 0.717) is 40.6 Å². The fourth-order valence-electron chi connectivity index (χ4n) is 4.29. The van der Waals surface area contributed by atoms with Crippen LogP contribution in [0.15, 0.2) is 66.7 Å². The van der Waals surface area contributed by atoms with Crippen LogP contribution >= 0.6 is 0 Å². The van der Waals surface area contributed by atoms with Crippen LogP contribution in [0.4, 0.5) is 24.8 Å². The van der Waals surface area contributed by atoms with Crippen molar-refractivity contribution in [3.05, 3.63) is 77.9 Å². The summed E-state index contributed by atoms with van der Waals surface area (Å²) in [5, 5.41) is 13.9. The highest BCUT2D eigenvalue weighted by Gasteiger charge is 2.30. The maximum absolute atomic E-state index is 13.2. The maximum atomic E-state index is 13.2. The number of amides is 1. The van der Waals surface area contributed by atoms with Gasteiger partial charge in [-0.1, -0.05) is 18.2 Å². The molecule has 1 amide bonds. The molecule has 1 aliphatic rings. The van der Waals surface area contributed by atoms with Crippen molar-refractivity contribution in [2.24, 2.45) is 5.92 Å². The number of halogens is 3. The van der Waals surface area contributed by atoms with Crippen LogP contribution in [0.3, 0.4) is 0 Å². The third-order valence-corrected chi connectivity index (χ3v) is 6.26. The predicted octanol–water partition coefficient (Wildman–Crippen LogP) is 4.89. The first-order valence-electron chi connectivity index (χ1n) is 11.8. The largest absolute Gasteiger partial charge is 0.416 e. The molecule has 7 nitrogen and oxygen atoms in total. The monoisotopic (exact) mass is 494 g/mol. The van der Waals surface area contributed by atoms with E-state index in [9.17, 15) is 18.0 Å². The van der Waals surface area contributed by atoms with E-state index in [1.165, 1.54) is 10.6 Å². The van der Waals surface area contributed by atoms with E-state index in [4.69, 9.17) is 0 Å². The molecule has 36 heavy (non-hydrogen) atoms. The molecule has 5 rings (SSSR count). The Balaban J connectivity index is 1.30. The lowest BCUT2D eigenvalue weighted by molar-refractivity contribution is -0.137. The zero-order valence-electron chi connectivity index (χ0n) is 19.3. The Morgan fingerprint density at radius 3 is 2.53 bits per heavy atom. The van der Waals surface area contributed by atoms with E-state index < -0.39 is 11.7 Å². The number of pyridine rings is 1. The second-order valence-corrected chi connectivity index (χ2v) is 8.80. The Morgan fingerprint density at radius 1 is 1.03 bits per heavy atom. The number of hydrogen-bond acceptors (Lipinski definition) is 5. The van der Waals surface area contributed by atoms with Gasteiger partial charge in [-0.05, 0) is 80.4 Å². The molecule has 186 valence electrons. The molecular formula is C26H25F3N6O. The highest BCUT2D eigenvalue weighted by Crippen LogP contribution is 2.32. The second-order valence-electron chi connectivity index (χ2n) is 8.80. The van der Waals surface area contributed by atoms with Crippen LogP contribution in [0, 0.1) is 5.92 Å². The number of anilines is 2. The topological polar surface area (TPSA) is 83.4 Å². The van der Waals surface area contributed by atoms with Gasteiger partial charge >= 0.3 is 6.18 Å². The van der Waals surface area contributed by atoms with Crippen molar-refractivity contribution in [3.8, 4) is 11.3 Å². The Labute approximate surface area is 205 Å². The molecule has 2 aromatic carbocycles. The first-order chi connectivity index (χ1) is 17.4. The van der Waals surface area contributed by atoms with E-state index in [2.05, 4.69) is 26.0 Å². The van der Waals surface area contributed by atoms with Gasteiger partial charge in [-0.25, -0.2) is 4.52 Å². The molecule has 0 bridgehead atoms. The quantitative estimate of drug-likeness (QED) is 0.356. The van der Waals surface area contributed by atoms with Gasteiger partial charge in [-0.3, -0.25) is 4.79 Å². The molecule has 1 fully saturated rings. The van der Waals surface area contributed by atoms with Crippen molar-refractivity contribution in [2.45, 2.75) is 19.0 Å². The van der Waals surface area contributed by atoms with E-state index in [1.54, 1.807) is 48.5 Å². The van der Waals surface area contributed by atoms with Crippen LogP contribution in [0.5, 0.6) is 0 Å². The molecule has 1 aliphatic heterocycles. The van der Waals surface area contributed by atoms with E-state index >= 15 is 0 Å². The number of carbonyl (C=O) groups excluding carboxylic acids is 1. The zero-order valence-corrected chi connectivity index (χ0v) is 19.3. The van der Waals surface area contributed by atoms with Crippen molar-refractivity contribution in [3.63, 3.8) is 0 Å². The van der Waals surface area contributed by atoms with E-state index in [-0.39, 0.29) is 11.9 Å². The number of rotatable bonds is 6. The summed E-state index contributed by atoms with van der Waals surface area (Å²) in [7, 11) is 0. The fraction of sp³-hybridized carbons (Fsp3) is 0.269. The number of piperidine rings is 1. The van der Waals surface area contributed by atoms with Crippen LogP contribution in [-0.2, 0) is 6.18 Å². The molecule has 0 aliphatic carbocycles. The first kappa shape index (κ1) is 23.8. The van der Waals surface area contributed by atoms with Crippen LogP contribution in [0.25, 0.3) is 16.9 Å². The summed E-state index contributed by atoms with van der Waals surface area (Å²) < 4.78 is 41.0. The molecule has 4 aromatic rings. The van der Waals surface area contributed by atoms with Crippen molar-refractivity contribution in [1.82, 2.24) is 25.2 Å². The average molecular weight is 495 g/mol. The van der Waals surface area contributed by atoms with Gasteiger partial charge in [0.05, 0.1) is 11.3 Å². The van der Waals surface area contributed by atoms with Gasteiger partial charge in [0.15, 0.2) is 5.65 Å². The van der Waals surface area contributed by atoms with E-state index in [0.717, 1.165) is 38.1 Å². The number of nitrogens with one attached hydrogen (secondary N) is 3. The Hall–Kier alpha value is -3.92. The van der Waals surface area contributed by atoms with Crippen LogP contribution in [0.1, 0.15) is 28.8 Å². The summed E-state index contributed by atoms with van der Waals surface area (Å²) in [4.78, 5) is 16.9. The molecule has 2 aromatic heterocycles. The Morgan fingerprint density at radius 2 is 1.78 bits per heavy atom. The van der Waals surface area contributed by atoms with Crippen LogP contribution in [-0.4, -0.2) is 40.1 Å². The lowest BCUT2D eigenvalue weighted by Gasteiger charge is -2.22. The predicted molar refractivity (Wildman–Crippen MR) is 131 cm³/mol. The van der Waals surface area contributed by atoms with Gasteiger partial charge in [0, 0.05) is 23.4 Å². The zero-order chi connectivity index (χ0) is 25.1. The molecule has 0 radical (unpaired) electrons. The number of hydrogen-bond donors (Lipinski definition) is 3. The summed E-state index contributed by atoms with van der Waals surface area (Å²) in [6.45, 7) is 2.64. The molecule has 10 heteroatoms. The molecule has 3 heterocycles. The number of nitrogens with zero attached hydrogens (tertiary/aromatic N) is 3. The molecule has 0 unspecified atom stereocenters. The average Bonchev–Trinajstić information content (AvgIpc) is 3.30. The lowest BCUT2D eigenvalue weighted by atomic mass is 9.98. The molecule has 0 atom stereocenters. The Kier molecular flexibility index (Phi) is 6.60. The SMILES string of the molecule is O=C(NCC1CCNCC1)c1ccc(Nc2nc3cccc(-c4cccc(C(F)(F)F)c4)n3n2)cc1. The van der Waals surface area contributed by atoms with Crippen LogP contribution < -0.4 is 16.0 Å². The molecule has 3 N–H and O–H groups in total. The summed E-state index contributed by atoms with van der Waals surface area (Å²) in [6, 6.07) is 17.2. The van der Waals surface area contributed by atoms with Gasteiger partial charge in [0.25, 0.3) is 5.91 Å². The maximum Gasteiger partial charge on any atom is 0.416 e. The van der Waals surface area contributed by atoms with Crippen molar-refractivity contribution < 1.29 is 18.0 Å². The van der Waals surface area contributed by atoms with E-state index in [1.807, 2.05) is 0 Å². The highest BCUT2D eigenvalue weighted by molar-refractivity contribution is 5.94. The number of fused-ring (bicyclic) bond motifs is 1. The number of benzene rings is 2. The number of carbonyl (C=O) groups is 1. The highest BCUT2D eigenvalue weighted by atomic mass is 19.4. The number of aromatic nitrogens is 3. The number of alkyl halides is 3. The summed E-state index contributed by atoms with van der Waals surface area (Å²) in [6.07, 6.45) is -2.31. The van der Waals surface area contributed by atoms with Gasteiger partial charge in [-0.15, -0.1) is 5.10 Å². The standard InChI is InChI=1S/C26H25F3N6O/c27-26(28,29)20-4-1-3-19(15-20)22-5-2-6-23-33-25(34-35(22)23)32-21-9-7-18(8-10-21)24(36)31-16-17-11-13-30-14-12-17/h1-10,15,17,30H,11-14,16H2,(H,31,36)(H,32,34). The summed E-state index contributed by atoms with van der Waals surface area (Å²) in [5.74, 6) is 0.673. The second kappa shape index (κ2) is 9.98. The van der Waals surface area contributed by atoms with Crippen molar-refractivity contribution >= 4 is 23.2 Å². The third kappa shape index (κ3) is 5.33. The van der Waals surface area contributed by atoms with Gasteiger partial charge in [0.2, 0.25) is 5.95 Å². The van der Waals surface area contributed by atoms with Gasteiger partial charge in [0.1, 0.15) is 0 Å². The summed E-state index contributed by atoms with van der Waals surface area (Å²) in [5.41, 5.74) is 1.87. The minimum absolute atomic E-state index is 0.114. The minimum Gasteiger partial charge on any atom is -0.352 e. The summed E-state index contributed by atoms with van der Waals surface area (Å²) >= 11 is 0. The van der Waals surface area contributed by atoms with Crippen molar-refractivity contribution in [1.29, 1.82) is 0 Å². The molecule has 0 spiro atoms. The van der Waals surface area contributed by atoms with Crippen LogP contribution in [0.2, 0.25) is 0 Å². The lowest BCUT2D eigenvalue weighted by Crippen LogP contribution is -2.35. The minimum atomic E-state index is -4.44. The molecular weight excluding hydrogens is 469 g/mol. The van der Waals surface area contributed by atoms with Gasteiger partial charge in [-0.2, -0.15) is 18.2 Å².